The van der Waals surface area contributed by atoms with E-state index < -0.39 is 18.0 Å². The van der Waals surface area contributed by atoms with E-state index in [4.69, 9.17) is 9.47 Å². The van der Waals surface area contributed by atoms with Crippen molar-refractivity contribution >= 4 is 17.3 Å². The van der Waals surface area contributed by atoms with Gasteiger partial charge in [0.05, 0.1) is 0 Å². The second-order valence-corrected chi connectivity index (χ2v) is 8.71. The van der Waals surface area contributed by atoms with E-state index in [-0.39, 0.29) is 11.5 Å². The number of aryl methyl sites for hydroxylation is 1. The summed E-state index contributed by atoms with van der Waals surface area (Å²) < 4.78 is 11.7. The van der Waals surface area contributed by atoms with Gasteiger partial charge in [0.2, 0.25) is 6.10 Å². The highest BCUT2D eigenvalue weighted by atomic mass is 16.6. The zero-order chi connectivity index (χ0) is 22.7. The zero-order valence-corrected chi connectivity index (χ0v) is 18.4. The molecule has 1 saturated carbocycles. The lowest BCUT2D eigenvalue weighted by Gasteiger charge is -2.14. The van der Waals surface area contributed by atoms with Gasteiger partial charge in [-0.1, -0.05) is 61.9 Å². The molecule has 0 radical (unpaired) electrons. The SMILES string of the molecule is Cc1ccc(OC2C(C(=O)OC(C#N)c3cccc(Nc4ccccc4)c3)C2(C)C)cc1. The van der Waals surface area contributed by atoms with Crippen LogP contribution in [0.5, 0.6) is 5.75 Å². The molecular weight excluding hydrogens is 400 g/mol. The predicted molar refractivity (Wildman–Crippen MR) is 123 cm³/mol. The summed E-state index contributed by atoms with van der Waals surface area (Å²) in [6.45, 7) is 5.96. The minimum atomic E-state index is -0.989. The summed E-state index contributed by atoms with van der Waals surface area (Å²) in [6, 6.07) is 27.0. The number of carbonyl (C=O) groups is 1. The summed E-state index contributed by atoms with van der Waals surface area (Å²) >= 11 is 0. The number of nitrogens with zero attached hydrogens (tertiary/aromatic N) is 1. The largest absolute Gasteiger partial charge is 0.489 e. The number of anilines is 2. The summed E-state index contributed by atoms with van der Waals surface area (Å²) in [5.74, 6) is -0.120. The van der Waals surface area contributed by atoms with Crippen LogP contribution in [0.1, 0.15) is 31.1 Å². The van der Waals surface area contributed by atoms with Gasteiger partial charge in [0, 0.05) is 22.4 Å². The van der Waals surface area contributed by atoms with E-state index in [9.17, 15) is 10.1 Å². The Labute approximate surface area is 188 Å². The van der Waals surface area contributed by atoms with Crippen molar-refractivity contribution in [3.05, 3.63) is 90.0 Å². The first-order valence-corrected chi connectivity index (χ1v) is 10.6. The van der Waals surface area contributed by atoms with Crippen LogP contribution >= 0.6 is 0 Å². The van der Waals surface area contributed by atoms with Crippen LogP contribution < -0.4 is 10.1 Å². The lowest BCUT2D eigenvalue weighted by molar-refractivity contribution is -0.149. The molecule has 0 spiro atoms. The summed E-state index contributed by atoms with van der Waals surface area (Å²) in [4.78, 5) is 12.9. The number of rotatable bonds is 7. The van der Waals surface area contributed by atoms with E-state index in [1.807, 2.05) is 93.6 Å². The van der Waals surface area contributed by atoms with Crippen LogP contribution in [-0.2, 0) is 9.53 Å². The molecule has 1 aliphatic rings. The van der Waals surface area contributed by atoms with Crippen LogP contribution in [0.25, 0.3) is 0 Å². The smallest absolute Gasteiger partial charge is 0.315 e. The molecule has 0 bridgehead atoms. The average Bonchev–Trinajstić information content (AvgIpc) is 3.34. The Morgan fingerprint density at radius 2 is 1.69 bits per heavy atom. The van der Waals surface area contributed by atoms with Crippen molar-refractivity contribution in [2.24, 2.45) is 11.3 Å². The molecule has 3 unspecified atom stereocenters. The van der Waals surface area contributed by atoms with Gasteiger partial charge in [-0.3, -0.25) is 4.79 Å². The maximum Gasteiger partial charge on any atom is 0.315 e. The maximum atomic E-state index is 12.9. The molecule has 5 nitrogen and oxygen atoms in total. The van der Waals surface area contributed by atoms with Crippen LogP contribution in [0.15, 0.2) is 78.9 Å². The maximum absolute atomic E-state index is 12.9. The summed E-state index contributed by atoms with van der Waals surface area (Å²) in [5, 5.41) is 13.0. The van der Waals surface area contributed by atoms with Crippen molar-refractivity contribution < 1.29 is 14.3 Å². The normalized spacial score (nSPS) is 19.3. The second-order valence-electron chi connectivity index (χ2n) is 8.71. The highest BCUT2D eigenvalue weighted by molar-refractivity contribution is 5.79. The summed E-state index contributed by atoms with van der Waals surface area (Å²) in [7, 11) is 0. The van der Waals surface area contributed by atoms with Crippen LogP contribution in [0.4, 0.5) is 11.4 Å². The first-order valence-electron chi connectivity index (χ1n) is 10.6. The highest BCUT2D eigenvalue weighted by Gasteiger charge is 2.65. The third-order valence-electron chi connectivity index (χ3n) is 5.87. The number of nitriles is 1. The lowest BCUT2D eigenvalue weighted by Crippen LogP contribution is -2.16. The third kappa shape index (κ3) is 4.60. The van der Waals surface area contributed by atoms with Crippen molar-refractivity contribution in [2.45, 2.75) is 33.0 Å². The van der Waals surface area contributed by atoms with Crippen molar-refractivity contribution in [3.63, 3.8) is 0 Å². The first-order chi connectivity index (χ1) is 15.4. The Morgan fingerprint density at radius 3 is 2.38 bits per heavy atom. The average molecular weight is 427 g/mol. The van der Waals surface area contributed by atoms with Gasteiger partial charge < -0.3 is 14.8 Å². The van der Waals surface area contributed by atoms with Crippen LogP contribution in [0, 0.1) is 29.6 Å². The van der Waals surface area contributed by atoms with Gasteiger partial charge in [0.25, 0.3) is 0 Å². The molecule has 3 aromatic carbocycles. The van der Waals surface area contributed by atoms with Gasteiger partial charge >= 0.3 is 5.97 Å². The van der Waals surface area contributed by atoms with Gasteiger partial charge in [-0.2, -0.15) is 5.26 Å². The molecule has 5 heteroatoms. The lowest BCUT2D eigenvalue weighted by atomic mass is 10.1. The Morgan fingerprint density at radius 1 is 1.00 bits per heavy atom. The predicted octanol–water partition coefficient (Wildman–Crippen LogP) is 5.95. The molecule has 0 aliphatic heterocycles. The van der Waals surface area contributed by atoms with Crippen LogP contribution in [-0.4, -0.2) is 12.1 Å². The van der Waals surface area contributed by atoms with E-state index in [2.05, 4.69) is 11.4 Å². The second kappa shape index (κ2) is 8.76. The molecule has 32 heavy (non-hydrogen) atoms. The quantitative estimate of drug-likeness (QED) is 0.473. The molecule has 0 saturated heterocycles. The van der Waals surface area contributed by atoms with Gasteiger partial charge in [0.1, 0.15) is 23.8 Å². The van der Waals surface area contributed by atoms with Crippen LogP contribution in [0.3, 0.4) is 0 Å². The number of ether oxygens (including phenoxy) is 2. The number of benzene rings is 3. The molecule has 1 N–H and O–H groups in total. The summed E-state index contributed by atoms with van der Waals surface area (Å²) in [5.41, 5.74) is 3.15. The van der Waals surface area contributed by atoms with Crippen molar-refractivity contribution in [3.8, 4) is 11.8 Å². The molecule has 4 rings (SSSR count). The van der Waals surface area contributed by atoms with Gasteiger partial charge in [-0.25, -0.2) is 0 Å². The van der Waals surface area contributed by atoms with E-state index in [0.29, 0.717) is 5.56 Å². The molecule has 162 valence electrons. The van der Waals surface area contributed by atoms with Crippen LogP contribution in [0.2, 0.25) is 0 Å². The monoisotopic (exact) mass is 426 g/mol. The Bertz CT molecular complexity index is 1130. The van der Waals surface area contributed by atoms with Crippen molar-refractivity contribution in [2.75, 3.05) is 5.32 Å². The van der Waals surface area contributed by atoms with E-state index in [1.165, 1.54) is 0 Å². The number of para-hydroxylation sites is 1. The highest BCUT2D eigenvalue weighted by Crippen LogP contribution is 2.55. The van der Waals surface area contributed by atoms with E-state index in [0.717, 1.165) is 22.7 Å². The van der Waals surface area contributed by atoms with Crippen molar-refractivity contribution in [1.82, 2.24) is 0 Å². The number of hydrogen-bond donors (Lipinski definition) is 1. The fraction of sp³-hybridized carbons (Fsp3) is 0.259. The number of carbonyl (C=O) groups excluding carboxylic acids is 1. The number of esters is 1. The molecule has 1 aliphatic carbocycles. The van der Waals surface area contributed by atoms with E-state index >= 15 is 0 Å². The minimum Gasteiger partial charge on any atom is -0.489 e. The molecule has 3 aromatic rings. The molecular formula is C27H26N2O3. The number of hydrogen-bond acceptors (Lipinski definition) is 5. The standard InChI is InChI=1S/C27H26N2O3/c1-18-12-14-22(15-13-18)31-25-24(27(25,2)3)26(30)32-23(17-28)19-8-7-11-21(16-19)29-20-9-5-4-6-10-20/h4-16,23-25,29H,1-3H3. The molecule has 3 atom stereocenters. The van der Waals surface area contributed by atoms with Gasteiger partial charge in [-0.05, 0) is 43.3 Å². The zero-order valence-electron chi connectivity index (χ0n) is 18.4. The first kappa shape index (κ1) is 21.5. The Hall–Kier alpha value is -3.78. The van der Waals surface area contributed by atoms with Gasteiger partial charge in [0.15, 0.2) is 0 Å². The number of nitrogens with one attached hydrogen (secondary N) is 1. The molecule has 0 aromatic heterocycles. The van der Waals surface area contributed by atoms with E-state index in [1.54, 1.807) is 6.07 Å². The fourth-order valence-electron chi connectivity index (χ4n) is 3.83. The Balaban J connectivity index is 1.43. The van der Waals surface area contributed by atoms with Crippen molar-refractivity contribution in [1.29, 1.82) is 5.26 Å². The topological polar surface area (TPSA) is 71.3 Å². The molecule has 0 amide bonds. The third-order valence-corrected chi connectivity index (χ3v) is 5.87. The van der Waals surface area contributed by atoms with Gasteiger partial charge in [-0.15, -0.1) is 0 Å². The Kier molecular flexibility index (Phi) is 5.87. The minimum absolute atomic E-state index is 0.289. The molecule has 0 heterocycles. The molecule has 1 fully saturated rings. The summed E-state index contributed by atoms with van der Waals surface area (Å²) in [6.07, 6.45) is -1.28. The fourth-order valence-corrected chi connectivity index (χ4v) is 3.83.